The molecule has 31 heavy (non-hydrogen) atoms. The summed E-state index contributed by atoms with van der Waals surface area (Å²) in [5.74, 6) is 1.10. The fourth-order valence-corrected chi connectivity index (χ4v) is 3.75. The molecule has 3 aromatic carbocycles. The van der Waals surface area contributed by atoms with Gasteiger partial charge in [-0.3, -0.25) is 9.52 Å². The third-order valence-electron chi connectivity index (χ3n) is 4.36. The molecule has 0 aliphatic heterocycles. The number of fused-ring (bicyclic) bond motifs is 1. The predicted octanol–water partition coefficient (Wildman–Crippen LogP) is 4.15. The Kier molecular flexibility index (Phi) is 5.30. The molecule has 0 saturated carbocycles. The number of aromatic amines is 1. The van der Waals surface area contributed by atoms with E-state index in [-0.39, 0.29) is 10.7 Å². The molecule has 4 rings (SSSR count). The highest BCUT2D eigenvalue weighted by Gasteiger charge is 2.10. The maximum Gasteiger partial charge on any atom is 0.248 e. The van der Waals surface area contributed by atoms with Crippen LogP contribution in [0.1, 0.15) is 10.4 Å². The maximum atomic E-state index is 11.5. The number of primary amides is 1. The number of nitrogens with two attached hydrogens (primary N) is 1. The number of hydrogen-bond donors (Lipinski definition) is 3. The van der Waals surface area contributed by atoms with Crippen molar-refractivity contribution in [3.63, 3.8) is 0 Å². The summed E-state index contributed by atoms with van der Waals surface area (Å²) in [5, 5.41) is 0.262. The number of nitrogens with zero attached hydrogens (tertiary/aromatic N) is 1. The number of H-pyrrole nitrogens is 1. The summed E-state index contributed by atoms with van der Waals surface area (Å²) in [6.45, 7) is 0. The standard InChI is InChI=1S/C21H17ClN4O4S/c1-31(28,29)26-18-11-15(7-8-16(18)22)30-14-5-2-12(3-6-14)21-24-17-9-4-13(20(23)27)10-19(17)25-21/h2-11,26H,1H3,(H2,23,27)(H,24,25). The van der Waals surface area contributed by atoms with Crippen molar-refractivity contribution in [1.82, 2.24) is 9.97 Å². The molecule has 0 saturated heterocycles. The summed E-state index contributed by atoms with van der Waals surface area (Å²) in [5.41, 5.74) is 8.20. The first-order valence-electron chi connectivity index (χ1n) is 9.03. The van der Waals surface area contributed by atoms with E-state index in [0.717, 1.165) is 11.8 Å². The van der Waals surface area contributed by atoms with Gasteiger partial charge in [0, 0.05) is 17.2 Å². The molecular formula is C21H17ClN4O4S. The average molecular weight is 457 g/mol. The SMILES string of the molecule is CS(=O)(=O)Nc1cc(Oc2ccc(-c3nc4ccc(C(N)=O)cc4[nH]3)cc2)ccc1Cl. The summed E-state index contributed by atoms with van der Waals surface area (Å²) in [6, 6.07) is 16.9. The Morgan fingerprint density at radius 2 is 1.77 bits per heavy atom. The van der Waals surface area contributed by atoms with Gasteiger partial charge in [-0.25, -0.2) is 13.4 Å². The van der Waals surface area contributed by atoms with E-state index in [2.05, 4.69) is 14.7 Å². The highest BCUT2D eigenvalue weighted by atomic mass is 35.5. The number of anilines is 1. The molecule has 0 bridgehead atoms. The van der Waals surface area contributed by atoms with Crippen molar-refractivity contribution in [2.75, 3.05) is 11.0 Å². The second-order valence-electron chi connectivity index (χ2n) is 6.82. The van der Waals surface area contributed by atoms with Gasteiger partial charge in [-0.2, -0.15) is 0 Å². The van der Waals surface area contributed by atoms with Gasteiger partial charge in [0.2, 0.25) is 15.9 Å². The average Bonchev–Trinajstić information content (AvgIpc) is 3.13. The second-order valence-corrected chi connectivity index (χ2v) is 8.98. The van der Waals surface area contributed by atoms with Crippen LogP contribution in [0.2, 0.25) is 5.02 Å². The number of halogens is 1. The molecule has 0 spiro atoms. The molecule has 0 atom stereocenters. The van der Waals surface area contributed by atoms with E-state index < -0.39 is 15.9 Å². The Morgan fingerprint density at radius 1 is 1.06 bits per heavy atom. The van der Waals surface area contributed by atoms with E-state index >= 15 is 0 Å². The molecule has 0 radical (unpaired) electrons. The van der Waals surface area contributed by atoms with Gasteiger partial charge in [-0.15, -0.1) is 0 Å². The molecule has 1 heterocycles. The van der Waals surface area contributed by atoms with Crippen molar-refractivity contribution in [2.24, 2.45) is 5.73 Å². The van der Waals surface area contributed by atoms with E-state index in [0.29, 0.717) is 33.9 Å². The Morgan fingerprint density at radius 3 is 2.45 bits per heavy atom. The number of benzene rings is 3. The molecule has 0 aliphatic rings. The van der Waals surface area contributed by atoms with Gasteiger partial charge in [0.05, 0.1) is 28.0 Å². The summed E-state index contributed by atoms with van der Waals surface area (Å²) >= 11 is 6.04. The molecule has 158 valence electrons. The lowest BCUT2D eigenvalue weighted by Crippen LogP contribution is -2.10. The van der Waals surface area contributed by atoms with Crippen LogP contribution in [0, 0.1) is 0 Å². The zero-order chi connectivity index (χ0) is 22.2. The quantitative estimate of drug-likeness (QED) is 0.401. The number of imidazole rings is 1. The first-order chi connectivity index (χ1) is 14.7. The van der Waals surface area contributed by atoms with Gasteiger partial charge in [0.25, 0.3) is 0 Å². The predicted molar refractivity (Wildman–Crippen MR) is 120 cm³/mol. The molecule has 0 unspecified atom stereocenters. The fourth-order valence-electron chi connectivity index (χ4n) is 2.96. The maximum absolute atomic E-state index is 11.5. The third-order valence-corrected chi connectivity index (χ3v) is 5.28. The normalized spacial score (nSPS) is 11.4. The number of aromatic nitrogens is 2. The van der Waals surface area contributed by atoms with Gasteiger partial charge in [0.1, 0.15) is 17.3 Å². The molecule has 4 aromatic rings. The summed E-state index contributed by atoms with van der Waals surface area (Å²) in [6.07, 6.45) is 1.04. The molecule has 1 aromatic heterocycles. The lowest BCUT2D eigenvalue weighted by molar-refractivity contribution is 0.100. The van der Waals surface area contributed by atoms with E-state index in [4.69, 9.17) is 22.1 Å². The fraction of sp³-hybridized carbons (Fsp3) is 0.0476. The van der Waals surface area contributed by atoms with E-state index in [1.807, 2.05) is 12.1 Å². The van der Waals surface area contributed by atoms with Crippen molar-refractivity contribution in [1.29, 1.82) is 0 Å². The minimum absolute atomic E-state index is 0.232. The second kappa shape index (κ2) is 7.93. The van der Waals surface area contributed by atoms with Crippen LogP contribution in [0.3, 0.4) is 0 Å². The minimum atomic E-state index is -3.47. The summed E-state index contributed by atoms with van der Waals surface area (Å²) in [4.78, 5) is 19.0. The van der Waals surface area contributed by atoms with Gasteiger partial charge < -0.3 is 15.5 Å². The number of rotatable bonds is 6. The van der Waals surface area contributed by atoms with Crippen LogP contribution in [0.25, 0.3) is 22.4 Å². The van der Waals surface area contributed by atoms with Crippen LogP contribution < -0.4 is 15.2 Å². The monoisotopic (exact) mass is 456 g/mol. The van der Waals surface area contributed by atoms with Gasteiger partial charge >= 0.3 is 0 Å². The van der Waals surface area contributed by atoms with Crippen LogP contribution in [0.4, 0.5) is 5.69 Å². The Labute approximate surface area is 183 Å². The molecule has 8 nitrogen and oxygen atoms in total. The van der Waals surface area contributed by atoms with E-state index in [1.165, 1.54) is 6.07 Å². The highest BCUT2D eigenvalue weighted by Crippen LogP contribution is 2.31. The highest BCUT2D eigenvalue weighted by molar-refractivity contribution is 7.92. The van der Waals surface area contributed by atoms with Crippen molar-refractivity contribution < 1.29 is 17.9 Å². The van der Waals surface area contributed by atoms with Crippen molar-refractivity contribution >= 4 is 44.3 Å². The topological polar surface area (TPSA) is 127 Å². The summed E-state index contributed by atoms with van der Waals surface area (Å²) < 4.78 is 31.1. The van der Waals surface area contributed by atoms with Gasteiger partial charge in [0.15, 0.2) is 0 Å². The van der Waals surface area contributed by atoms with Crippen molar-refractivity contribution in [3.8, 4) is 22.9 Å². The number of nitrogens with one attached hydrogen (secondary N) is 2. The Bertz CT molecular complexity index is 1400. The molecule has 4 N–H and O–H groups in total. The zero-order valence-corrected chi connectivity index (χ0v) is 17.8. The minimum Gasteiger partial charge on any atom is -0.457 e. The first-order valence-corrected chi connectivity index (χ1v) is 11.3. The number of hydrogen-bond acceptors (Lipinski definition) is 5. The van der Waals surface area contributed by atoms with Crippen LogP contribution in [-0.4, -0.2) is 30.5 Å². The van der Waals surface area contributed by atoms with E-state index in [1.54, 1.807) is 42.5 Å². The zero-order valence-electron chi connectivity index (χ0n) is 16.2. The molecule has 0 fully saturated rings. The number of ether oxygens (including phenoxy) is 1. The van der Waals surface area contributed by atoms with Gasteiger partial charge in [-0.1, -0.05) is 11.6 Å². The molecule has 1 amide bonds. The third kappa shape index (κ3) is 4.79. The molecular weight excluding hydrogens is 440 g/mol. The van der Waals surface area contributed by atoms with Crippen LogP contribution >= 0.6 is 11.6 Å². The lowest BCUT2D eigenvalue weighted by atomic mass is 10.2. The van der Waals surface area contributed by atoms with Crippen LogP contribution in [-0.2, 0) is 10.0 Å². The Hall–Kier alpha value is -3.56. The number of carbonyl (C=O) groups excluding carboxylic acids is 1. The summed E-state index contributed by atoms with van der Waals surface area (Å²) in [7, 11) is -3.47. The van der Waals surface area contributed by atoms with Crippen molar-refractivity contribution in [3.05, 3.63) is 71.2 Å². The molecule has 10 heteroatoms. The number of sulfonamides is 1. The number of carbonyl (C=O) groups is 1. The largest absolute Gasteiger partial charge is 0.457 e. The van der Waals surface area contributed by atoms with Crippen LogP contribution in [0.15, 0.2) is 60.7 Å². The Balaban J connectivity index is 1.56. The molecule has 0 aliphatic carbocycles. The smallest absolute Gasteiger partial charge is 0.248 e. The first kappa shape index (κ1) is 20.7. The number of amides is 1. The van der Waals surface area contributed by atoms with Crippen LogP contribution in [0.5, 0.6) is 11.5 Å². The van der Waals surface area contributed by atoms with E-state index in [9.17, 15) is 13.2 Å². The lowest BCUT2D eigenvalue weighted by Gasteiger charge is -2.10. The van der Waals surface area contributed by atoms with Gasteiger partial charge in [-0.05, 0) is 54.6 Å². The van der Waals surface area contributed by atoms with Crippen molar-refractivity contribution in [2.45, 2.75) is 0 Å².